The summed E-state index contributed by atoms with van der Waals surface area (Å²) in [6.45, 7) is 6.69. The van der Waals surface area contributed by atoms with Crippen molar-refractivity contribution in [2.24, 2.45) is 0 Å². The van der Waals surface area contributed by atoms with E-state index in [1.165, 1.54) is 18.0 Å². The van der Waals surface area contributed by atoms with Gasteiger partial charge in [-0.1, -0.05) is 19.4 Å². The van der Waals surface area contributed by atoms with Crippen molar-refractivity contribution in [3.8, 4) is 0 Å². The van der Waals surface area contributed by atoms with Gasteiger partial charge in [-0.05, 0) is 49.6 Å². The molecule has 0 saturated carbocycles. The Labute approximate surface area is 142 Å². The van der Waals surface area contributed by atoms with Gasteiger partial charge in [0.15, 0.2) is 0 Å². The van der Waals surface area contributed by atoms with E-state index in [1.807, 2.05) is 32.0 Å². The lowest BCUT2D eigenvalue weighted by atomic mass is 10.1. The monoisotopic (exact) mass is 325 g/mol. The van der Waals surface area contributed by atoms with E-state index in [-0.39, 0.29) is 11.8 Å². The molecule has 0 spiro atoms. The number of aromatic nitrogens is 1. The molecular weight excluding hydrogens is 302 g/mol. The maximum atomic E-state index is 12.4. The highest BCUT2D eigenvalue weighted by molar-refractivity contribution is 6.05. The summed E-state index contributed by atoms with van der Waals surface area (Å²) in [6, 6.07) is 7.29. The van der Waals surface area contributed by atoms with Crippen molar-refractivity contribution >= 4 is 17.5 Å². The smallest absolute Gasteiger partial charge is 0.257 e. The minimum Gasteiger partial charge on any atom is -0.352 e. The average Bonchev–Trinajstić information content (AvgIpc) is 2.58. The first-order valence-electron chi connectivity index (χ1n) is 8.13. The summed E-state index contributed by atoms with van der Waals surface area (Å²) >= 11 is 0. The molecule has 0 aliphatic rings. The number of unbranched alkanes of at least 4 members (excludes halogenated alkanes) is 1. The predicted molar refractivity (Wildman–Crippen MR) is 95.3 cm³/mol. The fourth-order valence-corrected chi connectivity index (χ4v) is 2.19. The van der Waals surface area contributed by atoms with Crippen molar-refractivity contribution < 1.29 is 9.59 Å². The number of anilines is 1. The van der Waals surface area contributed by atoms with Crippen LogP contribution in [0.4, 0.5) is 5.69 Å². The highest BCUT2D eigenvalue weighted by atomic mass is 16.2. The van der Waals surface area contributed by atoms with Crippen molar-refractivity contribution in [2.45, 2.75) is 33.6 Å². The first-order valence-corrected chi connectivity index (χ1v) is 8.13. The summed E-state index contributed by atoms with van der Waals surface area (Å²) in [5, 5.41) is 5.65. The highest BCUT2D eigenvalue weighted by Gasteiger charge is 2.11. The molecular formula is C19H23N3O2. The second kappa shape index (κ2) is 8.24. The number of pyridine rings is 1. The van der Waals surface area contributed by atoms with E-state index < -0.39 is 0 Å². The molecule has 2 N–H and O–H groups in total. The molecule has 1 heterocycles. The number of aryl methyl sites for hydroxylation is 2. The van der Waals surface area contributed by atoms with Gasteiger partial charge < -0.3 is 10.6 Å². The summed E-state index contributed by atoms with van der Waals surface area (Å²) in [7, 11) is 0. The molecule has 0 bridgehead atoms. The Kier molecular flexibility index (Phi) is 6.07. The van der Waals surface area contributed by atoms with Gasteiger partial charge in [-0.3, -0.25) is 14.6 Å². The summed E-state index contributed by atoms with van der Waals surface area (Å²) in [6.07, 6.45) is 4.86. The number of hydrogen-bond acceptors (Lipinski definition) is 3. The van der Waals surface area contributed by atoms with Gasteiger partial charge in [0.05, 0.1) is 11.1 Å². The molecule has 0 aliphatic heterocycles. The van der Waals surface area contributed by atoms with Gasteiger partial charge >= 0.3 is 0 Å². The largest absolute Gasteiger partial charge is 0.352 e. The molecule has 5 nitrogen and oxygen atoms in total. The van der Waals surface area contributed by atoms with Gasteiger partial charge in [0.1, 0.15) is 0 Å². The Hall–Kier alpha value is -2.69. The van der Waals surface area contributed by atoms with Crippen molar-refractivity contribution in [3.63, 3.8) is 0 Å². The third kappa shape index (κ3) is 4.65. The van der Waals surface area contributed by atoms with Crippen molar-refractivity contribution in [2.75, 3.05) is 11.9 Å². The van der Waals surface area contributed by atoms with Gasteiger partial charge in [0.2, 0.25) is 0 Å². The van der Waals surface area contributed by atoms with E-state index in [4.69, 9.17) is 0 Å². The number of carbonyl (C=O) groups excluding carboxylic acids is 2. The van der Waals surface area contributed by atoms with E-state index in [0.717, 1.165) is 24.1 Å². The topological polar surface area (TPSA) is 71.1 Å². The van der Waals surface area contributed by atoms with Crippen molar-refractivity contribution in [1.82, 2.24) is 10.3 Å². The molecule has 5 heteroatoms. The third-order valence-corrected chi connectivity index (χ3v) is 3.84. The number of amides is 2. The summed E-state index contributed by atoms with van der Waals surface area (Å²) < 4.78 is 0. The molecule has 0 unspecified atom stereocenters. The molecule has 2 amide bonds. The molecule has 1 aromatic heterocycles. The highest BCUT2D eigenvalue weighted by Crippen LogP contribution is 2.15. The average molecular weight is 325 g/mol. The Morgan fingerprint density at radius 2 is 1.71 bits per heavy atom. The number of benzene rings is 1. The Balaban J connectivity index is 2.08. The quantitative estimate of drug-likeness (QED) is 0.799. The molecule has 0 fully saturated rings. The van der Waals surface area contributed by atoms with E-state index in [9.17, 15) is 9.59 Å². The van der Waals surface area contributed by atoms with Gasteiger partial charge in [-0.2, -0.15) is 0 Å². The van der Waals surface area contributed by atoms with Crippen LogP contribution in [0.5, 0.6) is 0 Å². The van der Waals surface area contributed by atoms with Gasteiger partial charge in [0, 0.05) is 24.6 Å². The van der Waals surface area contributed by atoms with E-state index in [1.54, 1.807) is 6.07 Å². The molecule has 0 atom stereocenters. The number of carbonyl (C=O) groups is 2. The Morgan fingerprint density at radius 3 is 2.38 bits per heavy atom. The molecule has 2 rings (SSSR count). The normalized spacial score (nSPS) is 10.3. The molecule has 0 saturated heterocycles. The third-order valence-electron chi connectivity index (χ3n) is 3.84. The zero-order chi connectivity index (χ0) is 17.5. The van der Waals surface area contributed by atoms with Crippen LogP contribution >= 0.6 is 0 Å². The van der Waals surface area contributed by atoms with Crippen LogP contribution in [0.15, 0.2) is 36.7 Å². The zero-order valence-corrected chi connectivity index (χ0v) is 14.3. The van der Waals surface area contributed by atoms with Crippen molar-refractivity contribution in [1.29, 1.82) is 0 Å². The molecule has 126 valence electrons. The Morgan fingerprint density at radius 1 is 1.00 bits per heavy atom. The molecule has 2 aromatic rings. The lowest BCUT2D eigenvalue weighted by Crippen LogP contribution is -2.25. The first kappa shape index (κ1) is 17.7. The minimum absolute atomic E-state index is 0.211. The fraction of sp³-hybridized carbons (Fsp3) is 0.316. The van der Waals surface area contributed by atoms with Crippen LogP contribution in [0.2, 0.25) is 0 Å². The van der Waals surface area contributed by atoms with E-state index in [0.29, 0.717) is 17.7 Å². The van der Waals surface area contributed by atoms with Crippen LogP contribution in [0, 0.1) is 13.8 Å². The van der Waals surface area contributed by atoms with E-state index >= 15 is 0 Å². The fourth-order valence-electron chi connectivity index (χ4n) is 2.19. The molecule has 0 radical (unpaired) electrons. The maximum absolute atomic E-state index is 12.4. The number of hydrogen-bond donors (Lipinski definition) is 2. The van der Waals surface area contributed by atoms with Crippen LogP contribution in [0.1, 0.15) is 51.6 Å². The van der Waals surface area contributed by atoms with Gasteiger partial charge in [0.25, 0.3) is 11.8 Å². The van der Waals surface area contributed by atoms with Gasteiger partial charge in [-0.25, -0.2) is 0 Å². The second-order valence-electron chi connectivity index (χ2n) is 5.82. The second-order valence-corrected chi connectivity index (χ2v) is 5.82. The standard InChI is InChI=1S/C19H23N3O2/c1-4-5-8-21-18(23)15-10-16(12-20-11-15)19(24)22-17-7-6-13(2)14(3)9-17/h6-7,9-12H,4-5,8H2,1-3H3,(H,21,23)(H,22,24). The molecule has 1 aromatic carbocycles. The van der Waals surface area contributed by atoms with Crippen LogP contribution < -0.4 is 10.6 Å². The number of nitrogens with one attached hydrogen (secondary N) is 2. The minimum atomic E-state index is -0.283. The summed E-state index contributed by atoms with van der Waals surface area (Å²) in [4.78, 5) is 28.4. The maximum Gasteiger partial charge on any atom is 0.257 e. The number of rotatable bonds is 6. The van der Waals surface area contributed by atoms with Crippen molar-refractivity contribution in [3.05, 3.63) is 58.9 Å². The lowest BCUT2D eigenvalue weighted by molar-refractivity contribution is 0.0953. The van der Waals surface area contributed by atoms with Crippen LogP contribution in [0.3, 0.4) is 0 Å². The molecule has 0 aliphatic carbocycles. The SMILES string of the molecule is CCCCNC(=O)c1cncc(C(=O)Nc2ccc(C)c(C)c2)c1. The first-order chi connectivity index (χ1) is 11.5. The Bertz CT molecular complexity index is 741. The van der Waals surface area contributed by atoms with E-state index in [2.05, 4.69) is 22.5 Å². The summed E-state index contributed by atoms with van der Waals surface area (Å²) in [5.74, 6) is -0.495. The molecule has 24 heavy (non-hydrogen) atoms. The van der Waals surface area contributed by atoms with Gasteiger partial charge in [-0.15, -0.1) is 0 Å². The zero-order valence-electron chi connectivity index (χ0n) is 14.3. The van der Waals surface area contributed by atoms with Crippen LogP contribution in [-0.2, 0) is 0 Å². The number of nitrogens with zero attached hydrogens (tertiary/aromatic N) is 1. The summed E-state index contributed by atoms with van der Waals surface area (Å²) in [5.41, 5.74) is 3.74. The van der Waals surface area contributed by atoms with Crippen LogP contribution in [-0.4, -0.2) is 23.3 Å². The van der Waals surface area contributed by atoms with Crippen LogP contribution in [0.25, 0.3) is 0 Å². The lowest BCUT2D eigenvalue weighted by Gasteiger charge is -2.09. The predicted octanol–water partition coefficient (Wildman–Crippen LogP) is 3.48.